The van der Waals surface area contributed by atoms with E-state index in [1.165, 1.54) is 24.3 Å². The van der Waals surface area contributed by atoms with Crippen LogP contribution in [0.2, 0.25) is 0 Å². The number of halogens is 1. The third kappa shape index (κ3) is 3.10. The maximum absolute atomic E-state index is 12.8. The molecule has 0 fully saturated rings. The molecular weight excluding hydrogens is 269 g/mol. The third-order valence-corrected chi connectivity index (χ3v) is 4.01. The second kappa shape index (κ2) is 5.38. The van der Waals surface area contributed by atoms with Gasteiger partial charge in [-0.15, -0.1) is 0 Å². The highest BCUT2D eigenvalue weighted by molar-refractivity contribution is 7.92. The van der Waals surface area contributed by atoms with Gasteiger partial charge in [-0.1, -0.05) is 18.2 Å². The summed E-state index contributed by atoms with van der Waals surface area (Å²) in [5, 5.41) is 9.14. The van der Waals surface area contributed by atoms with Crippen molar-refractivity contribution in [2.75, 3.05) is 4.72 Å². The van der Waals surface area contributed by atoms with Gasteiger partial charge in [0.25, 0.3) is 10.0 Å². The van der Waals surface area contributed by atoms with Gasteiger partial charge in [0.2, 0.25) is 0 Å². The first-order chi connectivity index (χ1) is 9.03. The van der Waals surface area contributed by atoms with Gasteiger partial charge in [0.1, 0.15) is 5.82 Å². The van der Waals surface area contributed by atoms with Gasteiger partial charge in [0, 0.05) is 5.69 Å². The highest BCUT2D eigenvalue weighted by Gasteiger charge is 2.17. The number of aliphatic hydroxyl groups excluding tert-OH is 1. The normalized spacial score (nSPS) is 11.3. The topological polar surface area (TPSA) is 66.4 Å². The van der Waals surface area contributed by atoms with E-state index in [1.807, 2.05) is 0 Å². The lowest BCUT2D eigenvalue weighted by molar-refractivity contribution is 0.278. The molecule has 2 aromatic carbocycles. The summed E-state index contributed by atoms with van der Waals surface area (Å²) >= 11 is 0. The van der Waals surface area contributed by atoms with E-state index in [4.69, 9.17) is 5.11 Å². The van der Waals surface area contributed by atoms with Crippen LogP contribution in [0.25, 0.3) is 0 Å². The number of benzene rings is 2. The van der Waals surface area contributed by atoms with Gasteiger partial charge in [-0.2, -0.15) is 0 Å². The van der Waals surface area contributed by atoms with Crippen LogP contribution >= 0.6 is 0 Å². The van der Waals surface area contributed by atoms with Gasteiger partial charge in [-0.25, -0.2) is 12.8 Å². The molecule has 0 aliphatic rings. The Morgan fingerprint density at radius 3 is 2.32 bits per heavy atom. The van der Waals surface area contributed by atoms with Crippen LogP contribution in [-0.4, -0.2) is 13.5 Å². The highest BCUT2D eigenvalue weighted by atomic mass is 32.2. The Hall–Kier alpha value is -1.92. The fraction of sp³-hybridized carbons (Fsp3) is 0.0769. The summed E-state index contributed by atoms with van der Waals surface area (Å²) < 4.78 is 39.4. The number of nitrogens with one attached hydrogen (secondary N) is 1. The minimum Gasteiger partial charge on any atom is -0.392 e. The Morgan fingerprint density at radius 2 is 1.68 bits per heavy atom. The highest BCUT2D eigenvalue weighted by Crippen LogP contribution is 2.19. The van der Waals surface area contributed by atoms with Crippen LogP contribution in [0, 0.1) is 5.82 Å². The molecule has 100 valence electrons. The summed E-state index contributed by atoms with van der Waals surface area (Å²) in [6.45, 7) is -0.375. The van der Waals surface area contributed by atoms with Crippen molar-refractivity contribution in [2.45, 2.75) is 11.5 Å². The number of sulfonamides is 1. The van der Waals surface area contributed by atoms with Crippen LogP contribution < -0.4 is 4.72 Å². The van der Waals surface area contributed by atoms with Crippen molar-refractivity contribution in [3.05, 3.63) is 59.9 Å². The van der Waals surface area contributed by atoms with Crippen molar-refractivity contribution in [1.82, 2.24) is 0 Å². The smallest absolute Gasteiger partial charge is 0.262 e. The molecule has 0 saturated heterocycles. The Balaban J connectivity index is 2.35. The van der Waals surface area contributed by atoms with Crippen molar-refractivity contribution < 1.29 is 17.9 Å². The van der Waals surface area contributed by atoms with E-state index in [2.05, 4.69) is 4.72 Å². The number of hydrogen-bond donors (Lipinski definition) is 2. The molecular formula is C13H12FNO3S. The number of aliphatic hydroxyl groups is 1. The maximum atomic E-state index is 12.8. The minimum atomic E-state index is -3.80. The van der Waals surface area contributed by atoms with Gasteiger partial charge in [0.15, 0.2) is 0 Å². The van der Waals surface area contributed by atoms with Crippen molar-refractivity contribution in [3.8, 4) is 0 Å². The lowest BCUT2D eigenvalue weighted by Gasteiger charge is -2.10. The molecule has 0 radical (unpaired) electrons. The first kappa shape index (κ1) is 13.5. The van der Waals surface area contributed by atoms with Crippen LogP contribution in [0.4, 0.5) is 10.1 Å². The molecule has 0 aromatic heterocycles. The molecule has 0 aliphatic heterocycles. The molecule has 2 aromatic rings. The minimum absolute atomic E-state index is 0.00169. The summed E-state index contributed by atoms with van der Waals surface area (Å²) in [7, 11) is -3.80. The second-order valence-electron chi connectivity index (χ2n) is 3.88. The van der Waals surface area contributed by atoms with E-state index in [9.17, 15) is 12.8 Å². The molecule has 0 amide bonds. The predicted octanol–water partition coefficient (Wildman–Crippen LogP) is 2.12. The zero-order valence-corrected chi connectivity index (χ0v) is 10.7. The molecule has 4 nitrogen and oxygen atoms in total. The quantitative estimate of drug-likeness (QED) is 0.902. The maximum Gasteiger partial charge on any atom is 0.262 e. The van der Waals surface area contributed by atoms with Crippen LogP contribution in [-0.2, 0) is 16.6 Å². The first-order valence-corrected chi connectivity index (χ1v) is 6.98. The molecule has 2 N–H and O–H groups in total. The standard InChI is InChI=1S/C13H12FNO3S/c14-11-5-7-12(8-6-11)15-19(17,18)13-4-2-1-3-10(13)9-16/h1-8,15-16H,9H2. The molecule has 19 heavy (non-hydrogen) atoms. The number of anilines is 1. The summed E-state index contributed by atoms with van der Waals surface area (Å²) in [5.41, 5.74) is 0.561. The van der Waals surface area contributed by atoms with Gasteiger partial charge >= 0.3 is 0 Å². The van der Waals surface area contributed by atoms with Crippen LogP contribution in [0.15, 0.2) is 53.4 Å². The largest absolute Gasteiger partial charge is 0.392 e. The fourth-order valence-electron chi connectivity index (χ4n) is 1.62. The van der Waals surface area contributed by atoms with Gasteiger partial charge in [-0.3, -0.25) is 4.72 Å². The van der Waals surface area contributed by atoms with Gasteiger partial charge in [0.05, 0.1) is 11.5 Å². The molecule has 0 heterocycles. The van der Waals surface area contributed by atoms with Crippen molar-refractivity contribution in [2.24, 2.45) is 0 Å². The van der Waals surface area contributed by atoms with E-state index in [1.54, 1.807) is 12.1 Å². The lowest BCUT2D eigenvalue weighted by Crippen LogP contribution is -2.15. The average molecular weight is 281 g/mol. The van der Waals surface area contributed by atoms with Gasteiger partial charge in [-0.05, 0) is 35.9 Å². The van der Waals surface area contributed by atoms with Crippen LogP contribution in [0.5, 0.6) is 0 Å². The SMILES string of the molecule is O=S(=O)(Nc1ccc(F)cc1)c1ccccc1CO. The van der Waals surface area contributed by atoms with Crippen molar-refractivity contribution in [1.29, 1.82) is 0 Å². The average Bonchev–Trinajstić information content (AvgIpc) is 2.41. The molecule has 0 spiro atoms. The zero-order chi connectivity index (χ0) is 13.9. The first-order valence-electron chi connectivity index (χ1n) is 5.50. The summed E-state index contributed by atoms with van der Waals surface area (Å²) in [6, 6.07) is 11.1. The zero-order valence-electron chi connectivity index (χ0n) is 9.88. The van der Waals surface area contributed by atoms with Crippen LogP contribution in [0.1, 0.15) is 5.56 Å². The van der Waals surface area contributed by atoms with E-state index in [0.29, 0.717) is 5.56 Å². The third-order valence-electron chi connectivity index (χ3n) is 2.53. The Kier molecular flexibility index (Phi) is 3.82. The van der Waals surface area contributed by atoms with Crippen molar-refractivity contribution >= 4 is 15.7 Å². The Labute approximate surface area is 110 Å². The Morgan fingerprint density at radius 1 is 1.05 bits per heavy atom. The predicted molar refractivity (Wildman–Crippen MR) is 69.6 cm³/mol. The number of hydrogen-bond acceptors (Lipinski definition) is 3. The molecule has 0 saturated carbocycles. The van der Waals surface area contributed by atoms with E-state index in [-0.39, 0.29) is 17.2 Å². The summed E-state index contributed by atoms with van der Waals surface area (Å²) in [4.78, 5) is 0.00169. The van der Waals surface area contributed by atoms with Crippen LogP contribution in [0.3, 0.4) is 0 Å². The number of rotatable bonds is 4. The molecule has 6 heteroatoms. The molecule has 0 unspecified atom stereocenters. The van der Waals surface area contributed by atoms with E-state index in [0.717, 1.165) is 12.1 Å². The molecule has 2 rings (SSSR count). The lowest BCUT2D eigenvalue weighted by atomic mass is 10.2. The van der Waals surface area contributed by atoms with E-state index < -0.39 is 15.8 Å². The van der Waals surface area contributed by atoms with E-state index >= 15 is 0 Å². The Bertz CT molecular complexity index is 669. The molecule has 0 aliphatic carbocycles. The molecule has 0 atom stereocenters. The van der Waals surface area contributed by atoms with Gasteiger partial charge < -0.3 is 5.11 Å². The van der Waals surface area contributed by atoms with Crippen molar-refractivity contribution in [3.63, 3.8) is 0 Å². The summed E-state index contributed by atoms with van der Waals surface area (Å²) in [6.07, 6.45) is 0. The monoisotopic (exact) mass is 281 g/mol. The summed E-state index contributed by atoms with van der Waals surface area (Å²) in [5.74, 6) is -0.446. The molecule has 0 bridgehead atoms. The second-order valence-corrected chi connectivity index (χ2v) is 5.53. The fourth-order valence-corrected chi connectivity index (χ4v) is 2.92.